The van der Waals surface area contributed by atoms with Gasteiger partial charge in [0.25, 0.3) is 0 Å². The molecule has 0 rings (SSSR count). The molecule has 0 fully saturated rings. The van der Waals surface area contributed by atoms with E-state index in [9.17, 15) is 0 Å². The molecule has 0 aliphatic rings. The standard InChI is InChI=1S/C6H12OS/c1-6(2,3)4-7-5-8/h5H,4H2,1-3H3. The van der Waals surface area contributed by atoms with Crippen LogP contribution in [0.15, 0.2) is 0 Å². The van der Waals surface area contributed by atoms with Gasteiger partial charge in [0.15, 0.2) is 0 Å². The summed E-state index contributed by atoms with van der Waals surface area (Å²) in [5.74, 6) is 0. The normalized spacial score (nSPS) is 10.9. The third-order valence-electron chi connectivity index (χ3n) is 0.584. The Morgan fingerprint density at radius 3 is 2.12 bits per heavy atom. The van der Waals surface area contributed by atoms with Gasteiger partial charge in [0.05, 0.1) is 6.61 Å². The molecule has 0 amide bonds. The molecule has 0 aromatic rings. The van der Waals surface area contributed by atoms with Crippen LogP contribution in [0.4, 0.5) is 0 Å². The Labute approximate surface area is 56.0 Å². The smallest absolute Gasteiger partial charge is 0.146 e. The first-order chi connectivity index (χ1) is 3.56. The van der Waals surface area contributed by atoms with E-state index < -0.39 is 0 Å². The van der Waals surface area contributed by atoms with Crippen molar-refractivity contribution in [3.63, 3.8) is 0 Å². The van der Waals surface area contributed by atoms with Crippen LogP contribution >= 0.6 is 12.2 Å². The molecule has 0 aromatic carbocycles. The van der Waals surface area contributed by atoms with Gasteiger partial charge < -0.3 is 4.74 Å². The summed E-state index contributed by atoms with van der Waals surface area (Å²) in [4.78, 5) is 0. The Hall–Kier alpha value is -0.110. The Morgan fingerprint density at radius 2 is 2.00 bits per heavy atom. The fraction of sp³-hybridized carbons (Fsp3) is 0.833. The van der Waals surface area contributed by atoms with Crippen LogP contribution in [-0.2, 0) is 4.74 Å². The van der Waals surface area contributed by atoms with Crippen molar-refractivity contribution in [1.29, 1.82) is 0 Å². The van der Waals surface area contributed by atoms with Crippen LogP contribution in [0.5, 0.6) is 0 Å². The average Bonchev–Trinajstić information content (AvgIpc) is 1.59. The molecule has 0 saturated carbocycles. The van der Waals surface area contributed by atoms with Crippen molar-refractivity contribution in [2.75, 3.05) is 6.61 Å². The zero-order valence-corrected chi connectivity index (χ0v) is 6.42. The molecular formula is C6H12OS. The van der Waals surface area contributed by atoms with E-state index in [2.05, 4.69) is 33.0 Å². The van der Waals surface area contributed by atoms with E-state index in [-0.39, 0.29) is 5.41 Å². The van der Waals surface area contributed by atoms with Crippen LogP contribution in [0.25, 0.3) is 0 Å². The van der Waals surface area contributed by atoms with E-state index >= 15 is 0 Å². The van der Waals surface area contributed by atoms with E-state index in [0.717, 1.165) is 0 Å². The number of rotatable bonds is 2. The molecule has 0 aliphatic heterocycles. The van der Waals surface area contributed by atoms with E-state index in [1.54, 1.807) is 0 Å². The van der Waals surface area contributed by atoms with E-state index in [1.807, 2.05) is 0 Å². The Morgan fingerprint density at radius 1 is 1.50 bits per heavy atom. The van der Waals surface area contributed by atoms with Gasteiger partial charge in [-0.1, -0.05) is 20.8 Å². The van der Waals surface area contributed by atoms with Crippen molar-refractivity contribution >= 4 is 17.8 Å². The minimum atomic E-state index is 0.231. The molecule has 0 aromatic heterocycles. The van der Waals surface area contributed by atoms with Gasteiger partial charge in [-0.05, 0) is 17.6 Å². The fourth-order valence-electron chi connectivity index (χ4n) is 0.284. The highest BCUT2D eigenvalue weighted by molar-refractivity contribution is 7.78. The van der Waals surface area contributed by atoms with Gasteiger partial charge in [0, 0.05) is 0 Å². The zero-order chi connectivity index (χ0) is 6.62. The molecule has 0 N–H and O–H groups in total. The first-order valence-electron chi connectivity index (χ1n) is 2.61. The molecule has 0 saturated heterocycles. The third kappa shape index (κ3) is 5.89. The van der Waals surface area contributed by atoms with Crippen LogP contribution < -0.4 is 0 Å². The molecule has 0 bridgehead atoms. The second-order valence-corrected chi connectivity index (χ2v) is 3.16. The Balaban J connectivity index is 3.24. The van der Waals surface area contributed by atoms with Gasteiger partial charge in [-0.2, -0.15) is 0 Å². The minimum Gasteiger partial charge on any atom is -0.489 e. The molecule has 2 heteroatoms. The van der Waals surface area contributed by atoms with Crippen LogP contribution in [0, 0.1) is 5.41 Å². The maximum absolute atomic E-state index is 4.89. The lowest BCUT2D eigenvalue weighted by atomic mass is 9.99. The summed E-state index contributed by atoms with van der Waals surface area (Å²) in [7, 11) is 0. The van der Waals surface area contributed by atoms with E-state index in [1.165, 1.54) is 5.55 Å². The van der Waals surface area contributed by atoms with Crippen LogP contribution in [0.3, 0.4) is 0 Å². The maximum atomic E-state index is 4.89. The van der Waals surface area contributed by atoms with Gasteiger partial charge in [0.2, 0.25) is 0 Å². The second kappa shape index (κ2) is 3.02. The van der Waals surface area contributed by atoms with E-state index in [4.69, 9.17) is 4.74 Å². The number of thiocarbonyl (C=S) groups is 1. The Kier molecular flexibility index (Phi) is 2.98. The summed E-state index contributed by atoms with van der Waals surface area (Å²) in [5, 5.41) is 0. The van der Waals surface area contributed by atoms with Crippen LogP contribution in [0.1, 0.15) is 20.8 Å². The second-order valence-electron chi connectivity index (χ2n) is 2.97. The SMILES string of the molecule is CC(C)(C)COC=S. The molecule has 8 heavy (non-hydrogen) atoms. The average molecular weight is 132 g/mol. The predicted octanol–water partition coefficient (Wildman–Crippen LogP) is 2.01. The van der Waals surface area contributed by atoms with Gasteiger partial charge in [0.1, 0.15) is 5.55 Å². The van der Waals surface area contributed by atoms with Crippen molar-refractivity contribution in [2.24, 2.45) is 5.41 Å². The molecule has 0 spiro atoms. The minimum absolute atomic E-state index is 0.231. The van der Waals surface area contributed by atoms with Crippen molar-refractivity contribution in [2.45, 2.75) is 20.8 Å². The van der Waals surface area contributed by atoms with Gasteiger partial charge in [-0.15, -0.1) is 0 Å². The maximum Gasteiger partial charge on any atom is 0.146 e. The lowest BCUT2D eigenvalue weighted by Gasteiger charge is -2.15. The fourth-order valence-corrected chi connectivity index (χ4v) is 0.352. The molecule has 0 atom stereocenters. The first-order valence-corrected chi connectivity index (χ1v) is 3.09. The summed E-state index contributed by atoms with van der Waals surface area (Å²) in [5.41, 5.74) is 1.54. The molecule has 0 unspecified atom stereocenters. The summed E-state index contributed by atoms with van der Waals surface area (Å²) in [6.45, 7) is 7.01. The van der Waals surface area contributed by atoms with Crippen molar-refractivity contribution in [1.82, 2.24) is 0 Å². The highest BCUT2D eigenvalue weighted by atomic mass is 32.1. The quantitative estimate of drug-likeness (QED) is 0.531. The van der Waals surface area contributed by atoms with Crippen LogP contribution in [0.2, 0.25) is 0 Å². The number of hydrogen-bond donors (Lipinski definition) is 0. The summed E-state index contributed by atoms with van der Waals surface area (Å²) < 4.78 is 4.89. The monoisotopic (exact) mass is 132 g/mol. The van der Waals surface area contributed by atoms with Crippen molar-refractivity contribution < 1.29 is 4.74 Å². The summed E-state index contributed by atoms with van der Waals surface area (Å²) in [6, 6.07) is 0. The number of ether oxygens (including phenoxy) is 1. The Bertz CT molecular complexity index is 73.1. The molecule has 48 valence electrons. The molecule has 1 nitrogen and oxygen atoms in total. The topological polar surface area (TPSA) is 9.23 Å². The molecule has 0 aliphatic carbocycles. The summed E-state index contributed by atoms with van der Waals surface area (Å²) >= 11 is 4.47. The first kappa shape index (κ1) is 7.89. The van der Waals surface area contributed by atoms with Crippen molar-refractivity contribution in [3.8, 4) is 0 Å². The third-order valence-corrected chi connectivity index (χ3v) is 0.720. The van der Waals surface area contributed by atoms with Crippen molar-refractivity contribution in [3.05, 3.63) is 0 Å². The highest BCUT2D eigenvalue weighted by Crippen LogP contribution is 2.11. The lowest BCUT2D eigenvalue weighted by Crippen LogP contribution is -2.13. The lowest BCUT2D eigenvalue weighted by molar-refractivity contribution is 0.200. The molecule has 0 heterocycles. The van der Waals surface area contributed by atoms with E-state index in [0.29, 0.717) is 6.61 Å². The number of hydrogen-bond acceptors (Lipinski definition) is 2. The van der Waals surface area contributed by atoms with Crippen LogP contribution in [-0.4, -0.2) is 12.2 Å². The zero-order valence-electron chi connectivity index (χ0n) is 5.60. The molecular weight excluding hydrogens is 120 g/mol. The largest absolute Gasteiger partial charge is 0.489 e. The van der Waals surface area contributed by atoms with Gasteiger partial charge in [-0.3, -0.25) is 0 Å². The van der Waals surface area contributed by atoms with Gasteiger partial charge >= 0.3 is 0 Å². The highest BCUT2D eigenvalue weighted by Gasteiger charge is 2.08. The predicted molar refractivity (Wildman–Crippen MR) is 39.1 cm³/mol. The van der Waals surface area contributed by atoms with Gasteiger partial charge in [-0.25, -0.2) is 0 Å². The molecule has 0 radical (unpaired) electrons. The summed E-state index contributed by atoms with van der Waals surface area (Å²) in [6.07, 6.45) is 0.